The van der Waals surface area contributed by atoms with Crippen molar-refractivity contribution in [2.75, 3.05) is 0 Å². The van der Waals surface area contributed by atoms with Crippen LogP contribution in [0.2, 0.25) is 0 Å². The van der Waals surface area contributed by atoms with E-state index in [0.717, 1.165) is 22.6 Å². The highest BCUT2D eigenvalue weighted by molar-refractivity contribution is 6.99. The Morgan fingerprint density at radius 3 is 2.02 bits per heavy atom. The SMILES string of the molecule is Cc1cccc2c3ccc(-c4cc5c6c(c4)-n4c7ccc(C(C)(C)C)cc7c7cc(C(C)(C)C)cc(c74)B6c4cc(C(C)(C)C)ccc4O5)cc3n3c4ccccc4[n+](C)c3c12. The molecule has 0 unspecified atom stereocenters. The second kappa shape index (κ2) is 12.2. The minimum Gasteiger partial charge on any atom is -0.458 e. The lowest BCUT2D eigenvalue weighted by molar-refractivity contribution is -0.617. The highest BCUT2D eigenvalue weighted by atomic mass is 16.5. The van der Waals surface area contributed by atoms with Crippen LogP contribution in [-0.4, -0.2) is 15.7 Å². The smallest absolute Gasteiger partial charge is 0.295 e. The Morgan fingerprint density at radius 2 is 1.24 bits per heavy atom. The molecular weight excluding hydrogens is 753 g/mol. The largest absolute Gasteiger partial charge is 0.458 e. The van der Waals surface area contributed by atoms with Gasteiger partial charge in [-0.1, -0.05) is 123 Å². The number of ether oxygens (including phenoxy) is 1. The monoisotopic (exact) mass is 806 g/mol. The van der Waals surface area contributed by atoms with Crippen LogP contribution in [0.3, 0.4) is 0 Å². The van der Waals surface area contributed by atoms with Crippen LogP contribution in [0.25, 0.3) is 77.0 Å². The second-order valence-corrected chi connectivity index (χ2v) is 21.4. The first-order valence-electron chi connectivity index (χ1n) is 22.4. The van der Waals surface area contributed by atoms with E-state index in [1.54, 1.807) is 0 Å². The Balaban J connectivity index is 1.20. The number of nitrogens with zero attached hydrogens (tertiary/aromatic N) is 3. The molecule has 0 radical (unpaired) electrons. The number of hydrogen-bond donors (Lipinski definition) is 0. The maximum absolute atomic E-state index is 7.18. The van der Waals surface area contributed by atoms with Crippen molar-refractivity contribution < 1.29 is 9.30 Å². The first kappa shape index (κ1) is 37.4. The van der Waals surface area contributed by atoms with Gasteiger partial charge in [-0.25, -0.2) is 4.57 Å². The molecule has 0 aliphatic carbocycles. The van der Waals surface area contributed by atoms with E-state index >= 15 is 0 Å². The topological polar surface area (TPSA) is 22.4 Å². The molecule has 0 spiro atoms. The van der Waals surface area contributed by atoms with E-state index < -0.39 is 0 Å². The second-order valence-electron chi connectivity index (χ2n) is 21.4. The van der Waals surface area contributed by atoms with Crippen LogP contribution in [0.15, 0.2) is 121 Å². The minimum atomic E-state index is -0.0391. The van der Waals surface area contributed by atoms with Crippen LogP contribution in [0.5, 0.6) is 11.5 Å². The molecular formula is C57H53BN3O+. The third-order valence-corrected chi connectivity index (χ3v) is 14.4. The van der Waals surface area contributed by atoms with E-state index in [0.29, 0.717) is 0 Å². The Bertz CT molecular complexity index is 3640. The molecule has 3 aromatic heterocycles. The third kappa shape index (κ3) is 5.05. The number of aryl methyl sites for hydroxylation is 2. The van der Waals surface area contributed by atoms with Crippen LogP contribution in [0.1, 0.15) is 84.6 Å². The summed E-state index contributed by atoms with van der Waals surface area (Å²) < 4.78 is 14.6. The summed E-state index contributed by atoms with van der Waals surface area (Å²) in [5.41, 5.74) is 20.0. The molecule has 0 N–H and O–H groups in total. The molecule has 2 aliphatic rings. The van der Waals surface area contributed by atoms with Crippen LogP contribution in [-0.2, 0) is 23.3 Å². The molecule has 0 atom stereocenters. The Kier molecular flexibility index (Phi) is 7.36. The van der Waals surface area contributed by atoms with Crippen LogP contribution >= 0.6 is 0 Å². The number of hydrogen-bond acceptors (Lipinski definition) is 1. The van der Waals surface area contributed by atoms with Gasteiger partial charge in [0, 0.05) is 32.7 Å². The molecule has 0 amide bonds. The molecule has 5 heterocycles. The van der Waals surface area contributed by atoms with Crippen LogP contribution in [0, 0.1) is 6.92 Å². The summed E-state index contributed by atoms with van der Waals surface area (Å²) in [5.74, 6) is 1.88. The van der Waals surface area contributed by atoms with Gasteiger partial charge in [-0.2, -0.15) is 4.40 Å². The molecule has 10 aromatic rings. The first-order chi connectivity index (χ1) is 29.5. The van der Waals surface area contributed by atoms with E-state index in [4.69, 9.17) is 4.74 Å². The maximum Gasteiger partial charge on any atom is 0.295 e. The van der Waals surface area contributed by atoms with Crippen molar-refractivity contribution in [3.8, 4) is 28.3 Å². The molecule has 0 saturated carbocycles. The lowest BCUT2D eigenvalue weighted by Crippen LogP contribution is -2.58. The van der Waals surface area contributed by atoms with E-state index in [1.807, 2.05) is 0 Å². The van der Waals surface area contributed by atoms with E-state index in [-0.39, 0.29) is 23.0 Å². The zero-order valence-electron chi connectivity index (χ0n) is 37.9. The maximum atomic E-state index is 7.18. The van der Waals surface area contributed by atoms with Gasteiger partial charge in [0.2, 0.25) is 0 Å². The van der Waals surface area contributed by atoms with Crippen molar-refractivity contribution in [2.45, 2.75) is 85.5 Å². The fraction of sp³-hybridized carbons (Fsp3) is 0.246. The van der Waals surface area contributed by atoms with Gasteiger partial charge in [0.25, 0.3) is 12.4 Å². The number of fused-ring (bicyclic) bond motifs is 15. The average molecular weight is 807 g/mol. The third-order valence-electron chi connectivity index (χ3n) is 14.4. The lowest BCUT2D eigenvalue weighted by atomic mass is 9.34. The predicted octanol–water partition coefficient (Wildman–Crippen LogP) is 12.1. The van der Waals surface area contributed by atoms with Crippen LogP contribution < -0.4 is 25.7 Å². The van der Waals surface area contributed by atoms with Crippen molar-refractivity contribution in [1.82, 2.24) is 8.97 Å². The van der Waals surface area contributed by atoms with Gasteiger partial charge >= 0.3 is 0 Å². The highest BCUT2D eigenvalue weighted by Gasteiger charge is 2.42. The van der Waals surface area contributed by atoms with Crippen molar-refractivity contribution in [3.05, 3.63) is 144 Å². The molecule has 0 fully saturated rings. The average Bonchev–Trinajstić information content (AvgIpc) is 3.72. The summed E-state index contributed by atoms with van der Waals surface area (Å²) in [7, 11) is 2.21. The summed E-state index contributed by atoms with van der Waals surface area (Å²) in [6.45, 7) is 23.2. The molecule has 0 bridgehead atoms. The van der Waals surface area contributed by atoms with Crippen LogP contribution in [0.4, 0.5) is 0 Å². The van der Waals surface area contributed by atoms with E-state index in [2.05, 4.69) is 211 Å². The fourth-order valence-corrected chi connectivity index (χ4v) is 11.0. The van der Waals surface area contributed by atoms with Gasteiger partial charge in [-0.3, -0.25) is 0 Å². The normalized spacial score (nSPS) is 13.8. The summed E-state index contributed by atoms with van der Waals surface area (Å²) in [4.78, 5) is 0. The molecule has 4 nitrogen and oxygen atoms in total. The number of aromatic nitrogens is 3. The van der Waals surface area contributed by atoms with E-state index in [9.17, 15) is 0 Å². The summed E-state index contributed by atoms with van der Waals surface area (Å²) >= 11 is 0. The Labute approximate surface area is 364 Å². The van der Waals surface area contributed by atoms with Crippen molar-refractivity contribution in [3.63, 3.8) is 0 Å². The molecule has 62 heavy (non-hydrogen) atoms. The van der Waals surface area contributed by atoms with Gasteiger partial charge in [-0.05, 0) is 134 Å². The van der Waals surface area contributed by atoms with Crippen molar-refractivity contribution >= 4 is 83.3 Å². The van der Waals surface area contributed by atoms with Gasteiger partial charge in [0.15, 0.2) is 11.0 Å². The standard InChI is InChI=1S/C57H53BN3O/c1-32-15-14-16-39-38-22-19-33(25-47(38)61-46-18-13-12-17-45(46)59(11)54(61)51(32)39)34-26-48-52-50(27-34)62-49-24-21-36(56(5,6)7)30-42(49)58(52)43-31-37(57(8,9)10)29-41-40-28-35(55(2,3)4)20-23-44(40)60(48)53(41)43/h12-31H,1-11H3/q+1. The number of imidazole rings is 1. The molecule has 12 rings (SSSR count). The Morgan fingerprint density at radius 1 is 0.532 bits per heavy atom. The van der Waals surface area contributed by atoms with E-state index in [1.165, 1.54) is 104 Å². The first-order valence-corrected chi connectivity index (χ1v) is 22.4. The molecule has 5 heteroatoms. The Hall–Kier alpha value is -6.33. The molecule has 7 aromatic carbocycles. The van der Waals surface area contributed by atoms with Gasteiger partial charge in [-0.15, -0.1) is 0 Å². The minimum absolute atomic E-state index is 0.00882. The molecule has 304 valence electrons. The zero-order valence-corrected chi connectivity index (χ0v) is 37.9. The highest BCUT2D eigenvalue weighted by Crippen LogP contribution is 2.44. The lowest BCUT2D eigenvalue weighted by Gasteiger charge is -2.35. The number of benzene rings is 7. The number of pyridine rings is 1. The summed E-state index contributed by atoms with van der Waals surface area (Å²) in [6.07, 6.45) is 0. The van der Waals surface area contributed by atoms with Crippen molar-refractivity contribution in [2.24, 2.45) is 7.05 Å². The van der Waals surface area contributed by atoms with Gasteiger partial charge < -0.3 is 9.30 Å². The zero-order chi connectivity index (χ0) is 42.9. The summed E-state index contributed by atoms with van der Waals surface area (Å²) in [5, 5.41) is 6.46. The quantitative estimate of drug-likeness (QED) is 0.0920. The predicted molar refractivity (Wildman–Crippen MR) is 263 cm³/mol. The molecule has 0 saturated heterocycles. The van der Waals surface area contributed by atoms with Crippen molar-refractivity contribution in [1.29, 1.82) is 0 Å². The number of rotatable bonds is 1. The fourth-order valence-electron chi connectivity index (χ4n) is 11.0. The van der Waals surface area contributed by atoms with Gasteiger partial charge in [0.05, 0.1) is 18.0 Å². The van der Waals surface area contributed by atoms with Gasteiger partial charge in [0.1, 0.15) is 17.0 Å². The number of para-hydroxylation sites is 2. The summed E-state index contributed by atoms with van der Waals surface area (Å²) in [6, 6.07) is 46.5. The molecule has 2 aliphatic heterocycles.